The van der Waals surface area contributed by atoms with Crippen LogP contribution in [0.5, 0.6) is 0 Å². The Hall–Kier alpha value is -2.98. The number of aryl methyl sites for hydroxylation is 1. The van der Waals surface area contributed by atoms with E-state index in [1.165, 1.54) is 36.6 Å². The molecule has 0 radical (unpaired) electrons. The minimum atomic E-state index is -0.576. The predicted octanol–water partition coefficient (Wildman–Crippen LogP) is 4.01. The van der Waals surface area contributed by atoms with Crippen LogP contribution in [0.2, 0.25) is 0 Å². The molecule has 0 aliphatic heterocycles. The van der Waals surface area contributed by atoms with Crippen LogP contribution in [0.3, 0.4) is 0 Å². The van der Waals surface area contributed by atoms with Crippen LogP contribution < -0.4 is 10.6 Å². The first-order valence-electron chi connectivity index (χ1n) is 9.05. The molecule has 0 saturated carbocycles. The third kappa shape index (κ3) is 6.01. The van der Waals surface area contributed by atoms with Gasteiger partial charge in [0.25, 0.3) is 0 Å². The van der Waals surface area contributed by atoms with Crippen LogP contribution in [0, 0.1) is 6.92 Å². The predicted molar refractivity (Wildman–Crippen MR) is 119 cm³/mol. The number of nitrogens with one attached hydrogen (secondary N) is 2. The van der Waals surface area contributed by atoms with Crippen molar-refractivity contribution < 1.29 is 28.6 Å². The maximum absolute atomic E-state index is 12.2. The van der Waals surface area contributed by atoms with Crippen LogP contribution in [0.15, 0.2) is 24.3 Å². The Labute approximate surface area is 183 Å². The molecule has 2 rings (SSSR count). The van der Waals surface area contributed by atoms with Crippen molar-refractivity contribution in [2.45, 2.75) is 20.8 Å². The Morgan fingerprint density at radius 1 is 0.933 bits per heavy atom. The standard InChI is InChI=1S/C20H22N2O6S2/c1-5-27-17(23)12-8-13(18(24)28-6-2)10-14(9-12)21-20(29)22-16-15(19(25)26-4)7-11(3)30-16/h7-10H,5-6H2,1-4H3,(H2,21,22,29). The van der Waals surface area contributed by atoms with Crippen molar-refractivity contribution in [3.8, 4) is 0 Å². The fourth-order valence-electron chi connectivity index (χ4n) is 2.50. The van der Waals surface area contributed by atoms with E-state index in [9.17, 15) is 14.4 Å². The fourth-order valence-corrected chi connectivity index (χ4v) is 3.69. The van der Waals surface area contributed by atoms with E-state index in [-0.39, 0.29) is 29.5 Å². The molecule has 0 amide bonds. The number of anilines is 2. The number of benzene rings is 1. The molecule has 0 aliphatic carbocycles. The number of carbonyl (C=O) groups excluding carboxylic acids is 3. The van der Waals surface area contributed by atoms with Gasteiger partial charge in [-0.2, -0.15) is 0 Å². The van der Waals surface area contributed by atoms with Crippen molar-refractivity contribution >= 4 is 57.3 Å². The van der Waals surface area contributed by atoms with E-state index >= 15 is 0 Å². The maximum atomic E-state index is 12.2. The molecule has 0 spiro atoms. The monoisotopic (exact) mass is 450 g/mol. The fraction of sp³-hybridized carbons (Fsp3) is 0.300. The second kappa shape index (κ2) is 10.7. The van der Waals surface area contributed by atoms with Crippen LogP contribution in [0.4, 0.5) is 10.7 Å². The molecule has 0 saturated heterocycles. The van der Waals surface area contributed by atoms with Gasteiger partial charge in [0.1, 0.15) is 5.00 Å². The van der Waals surface area contributed by atoms with Crippen molar-refractivity contribution in [3.05, 3.63) is 45.8 Å². The zero-order valence-electron chi connectivity index (χ0n) is 17.0. The molecule has 0 aliphatic rings. The molecule has 0 bridgehead atoms. The first-order valence-corrected chi connectivity index (χ1v) is 10.3. The van der Waals surface area contributed by atoms with E-state index in [0.29, 0.717) is 16.3 Å². The van der Waals surface area contributed by atoms with E-state index in [1.54, 1.807) is 19.9 Å². The SMILES string of the molecule is CCOC(=O)c1cc(NC(=S)Nc2sc(C)cc2C(=O)OC)cc(C(=O)OCC)c1. The van der Waals surface area contributed by atoms with Gasteiger partial charge in [0, 0.05) is 10.6 Å². The molecule has 1 heterocycles. The summed E-state index contributed by atoms with van der Waals surface area (Å²) in [6.07, 6.45) is 0. The van der Waals surface area contributed by atoms with E-state index in [2.05, 4.69) is 10.6 Å². The molecule has 30 heavy (non-hydrogen) atoms. The van der Waals surface area contributed by atoms with Gasteiger partial charge in [0.05, 0.1) is 37.0 Å². The highest BCUT2D eigenvalue weighted by atomic mass is 32.1. The Morgan fingerprint density at radius 3 is 2.00 bits per heavy atom. The summed E-state index contributed by atoms with van der Waals surface area (Å²) in [4.78, 5) is 37.1. The number of carbonyl (C=O) groups is 3. The van der Waals surface area contributed by atoms with E-state index in [4.69, 9.17) is 26.4 Å². The summed E-state index contributed by atoms with van der Waals surface area (Å²) in [7, 11) is 1.30. The minimum absolute atomic E-state index is 0.165. The Balaban J connectivity index is 2.28. The Bertz CT molecular complexity index is 934. The number of rotatable bonds is 7. The van der Waals surface area contributed by atoms with Gasteiger partial charge in [-0.1, -0.05) is 0 Å². The Morgan fingerprint density at radius 2 is 1.50 bits per heavy atom. The zero-order chi connectivity index (χ0) is 22.3. The zero-order valence-corrected chi connectivity index (χ0v) is 18.6. The highest BCUT2D eigenvalue weighted by Crippen LogP contribution is 2.28. The van der Waals surface area contributed by atoms with Crippen molar-refractivity contribution in [2.24, 2.45) is 0 Å². The first kappa shape index (κ1) is 23.3. The molecule has 2 N–H and O–H groups in total. The van der Waals surface area contributed by atoms with Crippen molar-refractivity contribution in [1.29, 1.82) is 0 Å². The molecule has 0 fully saturated rings. The van der Waals surface area contributed by atoms with E-state index in [1.807, 2.05) is 6.92 Å². The van der Waals surface area contributed by atoms with E-state index in [0.717, 1.165) is 4.88 Å². The van der Waals surface area contributed by atoms with Crippen LogP contribution in [0.1, 0.15) is 49.8 Å². The molecule has 8 nitrogen and oxygen atoms in total. The van der Waals surface area contributed by atoms with Gasteiger partial charge < -0.3 is 24.8 Å². The first-order chi connectivity index (χ1) is 14.3. The van der Waals surface area contributed by atoms with Gasteiger partial charge >= 0.3 is 17.9 Å². The topological polar surface area (TPSA) is 103 Å². The summed E-state index contributed by atoms with van der Waals surface area (Å²) in [5.74, 6) is -1.64. The number of hydrogen-bond donors (Lipinski definition) is 2. The molecule has 10 heteroatoms. The van der Waals surface area contributed by atoms with Crippen LogP contribution in [-0.4, -0.2) is 43.3 Å². The number of methoxy groups -OCH3 is 1. The smallest absolute Gasteiger partial charge is 0.340 e. The molecular weight excluding hydrogens is 428 g/mol. The van der Waals surface area contributed by atoms with Gasteiger partial charge in [-0.3, -0.25) is 0 Å². The van der Waals surface area contributed by atoms with Crippen molar-refractivity contribution in [3.63, 3.8) is 0 Å². The summed E-state index contributed by atoms with van der Waals surface area (Å²) < 4.78 is 14.8. The second-order valence-corrected chi connectivity index (χ2v) is 7.58. The lowest BCUT2D eigenvalue weighted by atomic mass is 10.1. The van der Waals surface area contributed by atoms with Gasteiger partial charge in [0.2, 0.25) is 0 Å². The number of esters is 3. The highest BCUT2D eigenvalue weighted by molar-refractivity contribution is 7.80. The molecule has 1 aromatic heterocycles. The average Bonchev–Trinajstić information content (AvgIpc) is 3.07. The third-order valence-corrected chi connectivity index (χ3v) is 4.87. The van der Waals surface area contributed by atoms with Crippen LogP contribution in [0.25, 0.3) is 0 Å². The summed E-state index contributed by atoms with van der Waals surface area (Å²) >= 11 is 6.67. The lowest BCUT2D eigenvalue weighted by Gasteiger charge is -2.13. The van der Waals surface area contributed by atoms with E-state index < -0.39 is 17.9 Å². The molecule has 0 unspecified atom stereocenters. The van der Waals surface area contributed by atoms with Crippen LogP contribution in [-0.2, 0) is 14.2 Å². The molecule has 160 valence electrons. The second-order valence-electron chi connectivity index (χ2n) is 5.91. The summed E-state index contributed by atoms with van der Waals surface area (Å²) in [5.41, 5.74) is 1.09. The molecule has 0 atom stereocenters. The van der Waals surface area contributed by atoms with Gasteiger partial charge in [-0.05, 0) is 57.3 Å². The van der Waals surface area contributed by atoms with Gasteiger partial charge in [-0.25, -0.2) is 14.4 Å². The maximum Gasteiger partial charge on any atom is 0.340 e. The highest BCUT2D eigenvalue weighted by Gasteiger charge is 2.18. The lowest BCUT2D eigenvalue weighted by molar-refractivity contribution is 0.0523. The number of ether oxygens (including phenoxy) is 3. The van der Waals surface area contributed by atoms with Gasteiger partial charge in [-0.15, -0.1) is 11.3 Å². The average molecular weight is 451 g/mol. The third-order valence-electron chi connectivity index (χ3n) is 3.70. The Kier molecular flexibility index (Phi) is 8.31. The number of thiophene rings is 1. The lowest BCUT2D eigenvalue weighted by Crippen LogP contribution is -2.20. The quantitative estimate of drug-likeness (QED) is 0.368. The molecular formula is C20H22N2O6S2. The normalized spacial score (nSPS) is 10.1. The summed E-state index contributed by atoms with van der Waals surface area (Å²) in [5, 5.41) is 6.55. The summed E-state index contributed by atoms with van der Waals surface area (Å²) in [6.45, 7) is 5.62. The molecule has 2 aromatic rings. The largest absolute Gasteiger partial charge is 0.465 e. The number of hydrogen-bond acceptors (Lipinski definition) is 8. The van der Waals surface area contributed by atoms with Crippen LogP contribution >= 0.6 is 23.6 Å². The summed E-state index contributed by atoms with van der Waals surface area (Å²) in [6, 6.07) is 6.11. The number of thiocarbonyl (C=S) groups is 1. The van der Waals surface area contributed by atoms with Crippen molar-refractivity contribution in [1.82, 2.24) is 0 Å². The van der Waals surface area contributed by atoms with Crippen molar-refractivity contribution in [2.75, 3.05) is 31.0 Å². The molecule has 1 aromatic carbocycles. The minimum Gasteiger partial charge on any atom is -0.465 e. The van der Waals surface area contributed by atoms with Gasteiger partial charge in [0.15, 0.2) is 5.11 Å².